The van der Waals surface area contributed by atoms with Gasteiger partial charge in [0.2, 0.25) is 0 Å². The average molecular weight is 386 g/mol. The number of anilines is 1. The Kier molecular flexibility index (Phi) is 4.82. The summed E-state index contributed by atoms with van der Waals surface area (Å²) in [6, 6.07) is 3.21. The van der Waals surface area contributed by atoms with Crippen molar-refractivity contribution in [2.24, 2.45) is 5.41 Å². The number of halogens is 2. The number of rotatable bonds is 0. The van der Waals surface area contributed by atoms with Crippen LogP contribution in [0.5, 0.6) is 0 Å². The van der Waals surface area contributed by atoms with E-state index in [1.807, 2.05) is 20.8 Å². The monoisotopic (exact) mass is 385 g/mol. The largest absolute Gasteiger partial charge is 0.443 e. The fraction of sp³-hybridized carbons (Fsp3) is 0.611. The predicted molar refractivity (Wildman–Crippen MR) is 94.4 cm³/mol. The Morgan fingerprint density at radius 3 is 2.39 bits per heavy atom. The van der Waals surface area contributed by atoms with Gasteiger partial charge >= 0.3 is 6.09 Å². The van der Waals surface area contributed by atoms with Gasteiger partial charge in [0.05, 0.1) is 5.69 Å². The average Bonchev–Trinajstić information content (AvgIpc) is 2.33. The first-order valence-corrected chi connectivity index (χ1v) is 8.69. The van der Waals surface area contributed by atoms with Gasteiger partial charge in [0.1, 0.15) is 11.4 Å². The first-order chi connectivity index (χ1) is 10.4. The lowest BCUT2D eigenvalue weighted by atomic mass is 9.79. The van der Waals surface area contributed by atoms with Crippen molar-refractivity contribution < 1.29 is 13.9 Å². The van der Waals surface area contributed by atoms with E-state index in [0.29, 0.717) is 28.6 Å². The molecule has 0 radical (unpaired) electrons. The molecular formula is C18H25BrFNO2. The third-order valence-electron chi connectivity index (χ3n) is 3.97. The molecular weight excluding hydrogens is 361 g/mol. The maximum atomic E-state index is 14.3. The summed E-state index contributed by atoms with van der Waals surface area (Å²) in [5, 5.41) is 0. The summed E-state index contributed by atoms with van der Waals surface area (Å²) in [5.41, 5.74) is 0.464. The zero-order chi connectivity index (χ0) is 17.6. The van der Waals surface area contributed by atoms with Crippen LogP contribution in [0, 0.1) is 11.2 Å². The lowest BCUT2D eigenvalue weighted by molar-refractivity contribution is 0.0531. The van der Waals surface area contributed by atoms with Crippen LogP contribution in [-0.2, 0) is 11.2 Å². The van der Waals surface area contributed by atoms with Gasteiger partial charge in [0.15, 0.2) is 0 Å². The van der Waals surface area contributed by atoms with Gasteiger partial charge in [-0.25, -0.2) is 9.18 Å². The van der Waals surface area contributed by atoms with E-state index in [0.717, 1.165) is 0 Å². The van der Waals surface area contributed by atoms with Crippen LogP contribution in [0.1, 0.15) is 53.5 Å². The summed E-state index contributed by atoms with van der Waals surface area (Å²) in [5.74, 6) is -0.282. The molecule has 1 aliphatic rings. The molecule has 0 aliphatic carbocycles. The van der Waals surface area contributed by atoms with E-state index in [1.165, 1.54) is 6.07 Å². The molecule has 0 aromatic heterocycles. The fourth-order valence-corrected chi connectivity index (χ4v) is 3.41. The molecule has 2 rings (SSSR count). The summed E-state index contributed by atoms with van der Waals surface area (Å²) in [6.45, 7) is 11.8. The van der Waals surface area contributed by atoms with Gasteiger partial charge in [-0.2, -0.15) is 0 Å². The highest BCUT2D eigenvalue weighted by atomic mass is 79.9. The number of carbonyl (C=O) groups excluding carboxylic acids is 1. The quantitative estimate of drug-likeness (QED) is 0.573. The van der Waals surface area contributed by atoms with Crippen molar-refractivity contribution in [2.45, 2.75) is 66.0 Å². The van der Waals surface area contributed by atoms with Crippen molar-refractivity contribution in [1.82, 2.24) is 0 Å². The zero-order valence-corrected chi connectivity index (χ0v) is 16.3. The van der Waals surface area contributed by atoms with E-state index in [9.17, 15) is 9.18 Å². The third kappa shape index (κ3) is 4.06. The fourth-order valence-electron chi connectivity index (χ4n) is 2.99. The lowest BCUT2D eigenvalue weighted by Crippen LogP contribution is -2.52. The molecule has 0 spiro atoms. The van der Waals surface area contributed by atoms with E-state index < -0.39 is 11.7 Å². The van der Waals surface area contributed by atoms with Crippen LogP contribution in [0.2, 0.25) is 0 Å². The molecule has 0 fully saturated rings. The number of hydrogen-bond acceptors (Lipinski definition) is 2. The summed E-state index contributed by atoms with van der Waals surface area (Å²) in [6.07, 6.45) is 0.917. The van der Waals surface area contributed by atoms with E-state index in [-0.39, 0.29) is 17.3 Å². The summed E-state index contributed by atoms with van der Waals surface area (Å²) in [4.78, 5) is 14.5. The van der Waals surface area contributed by atoms with Crippen molar-refractivity contribution in [3.8, 4) is 0 Å². The second kappa shape index (κ2) is 6.08. The van der Waals surface area contributed by atoms with Crippen LogP contribution >= 0.6 is 15.9 Å². The van der Waals surface area contributed by atoms with Crippen molar-refractivity contribution >= 4 is 27.7 Å². The Morgan fingerprint density at radius 2 is 1.87 bits per heavy atom. The zero-order valence-electron chi connectivity index (χ0n) is 14.7. The number of nitrogens with zero attached hydrogens (tertiary/aromatic N) is 1. The minimum atomic E-state index is -0.596. The molecule has 5 heteroatoms. The predicted octanol–water partition coefficient (Wildman–Crippen LogP) is 5.69. The first-order valence-electron chi connectivity index (χ1n) is 7.90. The SMILES string of the molecule is CC(C)(C)OC(=O)N1c2cc(Br)cc(F)c2CCC1C(C)(C)C. The number of benzene rings is 1. The van der Waals surface area contributed by atoms with Gasteiger partial charge in [-0.1, -0.05) is 36.7 Å². The number of ether oxygens (including phenoxy) is 1. The second-order valence-corrected chi connectivity index (χ2v) is 9.07. The van der Waals surface area contributed by atoms with E-state index in [4.69, 9.17) is 4.74 Å². The number of amides is 1. The van der Waals surface area contributed by atoms with Crippen molar-refractivity contribution in [3.63, 3.8) is 0 Å². The minimum Gasteiger partial charge on any atom is -0.443 e. The maximum absolute atomic E-state index is 14.3. The van der Waals surface area contributed by atoms with Crippen molar-refractivity contribution in [2.75, 3.05) is 4.90 Å². The highest BCUT2D eigenvalue weighted by molar-refractivity contribution is 9.10. The summed E-state index contributed by atoms with van der Waals surface area (Å²) >= 11 is 3.33. The number of hydrogen-bond donors (Lipinski definition) is 0. The van der Waals surface area contributed by atoms with Crippen LogP contribution in [0.4, 0.5) is 14.9 Å². The Hall–Kier alpha value is -1.10. The van der Waals surface area contributed by atoms with Gasteiger partial charge in [-0.3, -0.25) is 4.90 Å². The Balaban J connectivity index is 2.54. The Labute approximate surface area is 146 Å². The van der Waals surface area contributed by atoms with E-state index >= 15 is 0 Å². The third-order valence-corrected chi connectivity index (χ3v) is 4.42. The molecule has 1 unspecified atom stereocenters. The highest BCUT2D eigenvalue weighted by Gasteiger charge is 2.41. The van der Waals surface area contributed by atoms with Gasteiger partial charge in [-0.15, -0.1) is 0 Å². The standard InChI is InChI=1S/C18H25BrFNO2/c1-17(2,3)15-8-7-12-13(20)9-11(19)10-14(12)21(15)16(22)23-18(4,5)6/h9-10,15H,7-8H2,1-6H3. The Morgan fingerprint density at radius 1 is 1.26 bits per heavy atom. The molecule has 1 amide bonds. The summed E-state index contributed by atoms with van der Waals surface area (Å²) < 4.78 is 20.5. The molecule has 0 saturated heterocycles. The van der Waals surface area contributed by atoms with Gasteiger partial charge in [0, 0.05) is 16.1 Å². The Bertz CT molecular complexity index is 617. The van der Waals surface area contributed by atoms with Crippen LogP contribution in [0.25, 0.3) is 0 Å². The molecule has 128 valence electrons. The molecule has 1 heterocycles. The molecule has 0 saturated carbocycles. The van der Waals surface area contributed by atoms with Crippen LogP contribution in [-0.4, -0.2) is 17.7 Å². The van der Waals surface area contributed by atoms with Crippen molar-refractivity contribution in [1.29, 1.82) is 0 Å². The molecule has 23 heavy (non-hydrogen) atoms. The molecule has 1 aliphatic heterocycles. The molecule has 1 atom stereocenters. The normalized spacial score (nSPS) is 18.6. The molecule has 1 aromatic carbocycles. The number of carbonyl (C=O) groups is 1. The summed E-state index contributed by atoms with van der Waals surface area (Å²) in [7, 11) is 0. The first kappa shape index (κ1) is 18.2. The number of fused-ring (bicyclic) bond motifs is 1. The van der Waals surface area contributed by atoms with Gasteiger partial charge in [0.25, 0.3) is 0 Å². The topological polar surface area (TPSA) is 29.5 Å². The molecule has 0 bridgehead atoms. The molecule has 3 nitrogen and oxygen atoms in total. The van der Waals surface area contributed by atoms with Crippen LogP contribution < -0.4 is 4.90 Å². The lowest BCUT2D eigenvalue weighted by Gasteiger charge is -2.44. The van der Waals surface area contributed by atoms with Gasteiger partial charge in [-0.05, 0) is 51.2 Å². The van der Waals surface area contributed by atoms with Crippen molar-refractivity contribution in [3.05, 3.63) is 28.0 Å². The van der Waals surface area contributed by atoms with E-state index in [1.54, 1.807) is 11.0 Å². The smallest absolute Gasteiger partial charge is 0.415 e. The molecule has 0 N–H and O–H groups in total. The van der Waals surface area contributed by atoms with Crippen LogP contribution in [0.3, 0.4) is 0 Å². The van der Waals surface area contributed by atoms with E-state index in [2.05, 4.69) is 36.7 Å². The maximum Gasteiger partial charge on any atom is 0.415 e. The van der Waals surface area contributed by atoms with Gasteiger partial charge < -0.3 is 4.74 Å². The van der Waals surface area contributed by atoms with Crippen LogP contribution in [0.15, 0.2) is 16.6 Å². The molecule has 1 aromatic rings. The second-order valence-electron chi connectivity index (χ2n) is 8.16. The highest BCUT2D eigenvalue weighted by Crippen LogP contribution is 2.41. The minimum absolute atomic E-state index is 0.0430.